The summed E-state index contributed by atoms with van der Waals surface area (Å²) >= 11 is 0. The van der Waals surface area contributed by atoms with Crippen molar-refractivity contribution in [1.82, 2.24) is 4.90 Å². The average molecular weight is 485 g/mol. The number of carbonyl (C=O) groups is 2. The third-order valence-electron chi connectivity index (χ3n) is 6.58. The van der Waals surface area contributed by atoms with E-state index in [1.165, 1.54) is 7.11 Å². The molecule has 1 aliphatic rings. The van der Waals surface area contributed by atoms with Gasteiger partial charge in [0, 0.05) is 37.3 Å². The second-order valence-corrected chi connectivity index (χ2v) is 8.73. The summed E-state index contributed by atoms with van der Waals surface area (Å²) in [6.45, 7) is 6.69. The lowest BCUT2D eigenvalue weighted by molar-refractivity contribution is -0.147. The summed E-state index contributed by atoms with van der Waals surface area (Å²) in [5.74, 6) is -0.397. The van der Waals surface area contributed by atoms with Crippen LogP contribution >= 0.6 is 0 Å². The van der Waals surface area contributed by atoms with Crippen LogP contribution in [0.3, 0.4) is 0 Å². The van der Waals surface area contributed by atoms with E-state index in [2.05, 4.69) is 6.58 Å². The van der Waals surface area contributed by atoms with Crippen molar-refractivity contribution < 1.29 is 19.1 Å². The van der Waals surface area contributed by atoms with Crippen LogP contribution in [0.4, 0.5) is 5.69 Å². The molecular weight excluding hydrogens is 452 g/mol. The maximum absolute atomic E-state index is 13.6. The van der Waals surface area contributed by atoms with Crippen LogP contribution in [0.1, 0.15) is 27.9 Å². The second kappa shape index (κ2) is 11.7. The molecule has 1 aliphatic heterocycles. The van der Waals surface area contributed by atoms with E-state index in [1.807, 2.05) is 89.8 Å². The van der Waals surface area contributed by atoms with Gasteiger partial charge in [-0.25, -0.2) is 4.79 Å². The average Bonchev–Trinajstić information content (AvgIpc) is 2.95. The lowest BCUT2D eigenvalue weighted by atomic mass is 9.83. The number of morpholine rings is 1. The fourth-order valence-corrected chi connectivity index (χ4v) is 4.73. The molecular formula is C30H32N2O4. The van der Waals surface area contributed by atoms with Gasteiger partial charge in [-0.2, -0.15) is 0 Å². The van der Waals surface area contributed by atoms with E-state index < -0.39 is 5.54 Å². The predicted octanol–water partition coefficient (Wildman–Crippen LogP) is 4.81. The monoisotopic (exact) mass is 484 g/mol. The van der Waals surface area contributed by atoms with Crippen molar-refractivity contribution in [1.29, 1.82) is 0 Å². The number of anilines is 1. The van der Waals surface area contributed by atoms with Crippen molar-refractivity contribution in [2.75, 3.05) is 38.3 Å². The summed E-state index contributed by atoms with van der Waals surface area (Å²) in [5, 5.41) is 0. The number of ether oxygens (including phenoxy) is 2. The summed E-state index contributed by atoms with van der Waals surface area (Å²) in [5.41, 5.74) is 2.10. The summed E-state index contributed by atoms with van der Waals surface area (Å²) in [6.07, 6.45) is 2.09. The molecule has 1 amide bonds. The molecule has 1 saturated heterocycles. The van der Waals surface area contributed by atoms with Gasteiger partial charge in [0.2, 0.25) is 0 Å². The maximum atomic E-state index is 13.6. The van der Waals surface area contributed by atoms with E-state index >= 15 is 0 Å². The lowest BCUT2D eigenvalue weighted by Crippen LogP contribution is -2.52. The first-order valence-corrected chi connectivity index (χ1v) is 12.1. The molecule has 1 fully saturated rings. The first kappa shape index (κ1) is 25.2. The Labute approximate surface area is 212 Å². The quantitative estimate of drug-likeness (QED) is 0.322. The molecule has 0 N–H and O–H groups in total. The first-order chi connectivity index (χ1) is 17.6. The molecule has 3 aromatic carbocycles. The molecule has 0 spiro atoms. The van der Waals surface area contributed by atoms with Crippen molar-refractivity contribution in [3.63, 3.8) is 0 Å². The van der Waals surface area contributed by atoms with Gasteiger partial charge in [0.25, 0.3) is 5.91 Å². The Morgan fingerprint density at radius 3 is 2.17 bits per heavy atom. The number of carbonyl (C=O) groups excluding carboxylic acids is 2. The first-order valence-electron chi connectivity index (χ1n) is 12.1. The number of esters is 1. The molecule has 186 valence electrons. The van der Waals surface area contributed by atoms with Gasteiger partial charge in [0.05, 0.1) is 20.3 Å². The van der Waals surface area contributed by atoms with Crippen molar-refractivity contribution >= 4 is 17.6 Å². The Balaban J connectivity index is 1.80. The van der Waals surface area contributed by atoms with Crippen molar-refractivity contribution in [3.8, 4) is 0 Å². The highest BCUT2D eigenvalue weighted by molar-refractivity contribution is 5.95. The van der Waals surface area contributed by atoms with Crippen LogP contribution in [0.5, 0.6) is 0 Å². The molecule has 1 atom stereocenters. The van der Waals surface area contributed by atoms with Crippen LogP contribution < -0.4 is 4.90 Å². The Bertz CT molecular complexity index is 1160. The fourth-order valence-electron chi connectivity index (χ4n) is 4.73. The molecule has 1 heterocycles. The summed E-state index contributed by atoms with van der Waals surface area (Å²) < 4.78 is 10.8. The maximum Gasteiger partial charge on any atom is 0.336 e. The van der Waals surface area contributed by atoms with Crippen molar-refractivity contribution in [3.05, 3.63) is 114 Å². The number of amides is 1. The Kier molecular flexibility index (Phi) is 8.18. The molecule has 0 saturated carbocycles. The molecule has 3 aromatic rings. The SMILES string of the molecule is C=CCC(C(=O)OC)(c1ccccc1)N(Cc1ccccc1)c1ccc(C(=O)N2CCOCC2)cc1. The predicted molar refractivity (Wildman–Crippen MR) is 141 cm³/mol. The van der Waals surface area contributed by atoms with Gasteiger partial charge in [0.15, 0.2) is 5.54 Å². The molecule has 6 nitrogen and oxygen atoms in total. The van der Waals surface area contributed by atoms with Crippen molar-refractivity contribution in [2.24, 2.45) is 0 Å². The number of methoxy groups -OCH3 is 1. The third-order valence-corrected chi connectivity index (χ3v) is 6.58. The molecule has 4 rings (SSSR count). The zero-order chi connectivity index (χ0) is 25.4. The molecule has 36 heavy (non-hydrogen) atoms. The molecule has 0 aromatic heterocycles. The standard InChI is InChI=1S/C30H32N2O4/c1-3-18-30(29(34)35-2,26-12-8-5-9-13-26)32(23-24-10-6-4-7-11-24)27-16-14-25(15-17-27)28(33)31-19-21-36-22-20-31/h3-17H,1,18-23H2,2H3. The van der Waals surface area contributed by atoms with Crippen molar-refractivity contribution in [2.45, 2.75) is 18.5 Å². The van der Waals surface area contributed by atoms with E-state index in [0.29, 0.717) is 44.8 Å². The van der Waals surface area contributed by atoms with Gasteiger partial charge < -0.3 is 19.3 Å². The highest BCUT2D eigenvalue weighted by Crippen LogP contribution is 2.39. The minimum absolute atomic E-state index is 0.0205. The number of benzene rings is 3. The van der Waals surface area contributed by atoms with Crippen LogP contribution in [-0.4, -0.2) is 50.2 Å². The number of hydrogen-bond acceptors (Lipinski definition) is 5. The Morgan fingerprint density at radius 2 is 1.58 bits per heavy atom. The van der Waals surface area contributed by atoms with Gasteiger partial charge in [-0.3, -0.25) is 4.79 Å². The molecule has 6 heteroatoms. The van der Waals surface area contributed by atoms with E-state index in [4.69, 9.17) is 9.47 Å². The second-order valence-electron chi connectivity index (χ2n) is 8.73. The number of nitrogens with zero attached hydrogens (tertiary/aromatic N) is 2. The van der Waals surface area contributed by atoms with Gasteiger partial charge in [-0.05, 0) is 35.4 Å². The number of hydrogen-bond donors (Lipinski definition) is 0. The third kappa shape index (κ3) is 5.19. The van der Waals surface area contributed by atoms with Gasteiger partial charge >= 0.3 is 5.97 Å². The van der Waals surface area contributed by atoms with E-state index in [-0.39, 0.29) is 11.9 Å². The van der Waals surface area contributed by atoms with Crippen LogP contribution in [0.2, 0.25) is 0 Å². The fraction of sp³-hybridized carbons (Fsp3) is 0.267. The minimum atomic E-state index is -1.15. The van der Waals surface area contributed by atoms with Crippen LogP contribution in [0, 0.1) is 0 Å². The Morgan fingerprint density at radius 1 is 0.972 bits per heavy atom. The van der Waals surface area contributed by atoms with Gasteiger partial charge in [0.1, 0.15) is 0 Å². The summed E-state index contributed by atoms with van der Waals surface area (Å²) in [6, 6.07) is 27.1. The molecule has 1 unspecified atom stereocenters. The zero-order valence-corrected chi connectivity index (χ0v) is 20.6. The van der Waals surface area contributed by atoms with Crippen LogP contribution in [-0.2, 0) is 26.4 Å². The summed E-state index contributed by atoms with van der Waals surface area (Å²) in [4.78, 5) is 30.5. The smallest absolute Gasteiger partial charge is 0.336 e. The van der Waals surface area contributed by atoms with Crippen LogP contribution in [0.15, 0.2) is 97.6 Å². The minimum Gasteiger partial charge on any atom is -0.467 e. The topological polar surface area (TPSA) is 59.1 Å². The van der Waals surface area contributed by atoms with E-state index in [9.17, 15) is 9.59 Å². The van der Waals surface area contributed by atoms with Crippen LogP contribution in [0.25, 0.3) is 0 Å². The largest absolute Gasteiger partial charge is 0.467 e. The highest BCUT2D eigenvalue weighted by atomic mass is 16.5. The molecule has 0 radical (unpaired) electrons. The van der Waals surface area contributed by atoms with Gasteiger partial charge in [-0.1, -0.05) is 66.7 Å². The van der Waals surface area contributed by atoms with E-state index in [0.717, 1.165) is 16.8 Å². The normalized spacial score (nSPS) is 15.0. The molecule has 0 bridgehead atoms. The number of rotatable bonds is 9. The molecule has 0 aliphatic carbocycles. The summed E-state index contributed by atoms with van der Waals surface area (Å²) in [7, 11) is 1.41. The highest BCUT2D eigenvalue weighted by Gasteiger charge is 2.46. The zero-order valence-electron chi connectivity index (χ0n) is 20.6. The van der Waals surface area contributed by atoms with E-state index in [1.54, 1.807) is 11.0 Å². The van der Waals surface area contributed by atoms with Gasteiger partial charge in [-0.15, -0.1) is 6.58 Å². The lowest BCUT2D eigenvalue weighted by Gasteiger charge is -2.43. The Hall–Kier alpha value is -3.90.